The molecule has 0 atom stereocenters. The van der Waals surface area contributed by atoms with Gasteiger partial charge in [-0.05, 0) is 0 Å². The Balaban J connectivity index is -0.00000000446. The van der Waals surface area contributed by atoms with Crippen LogP contribution in [0.15, 0.2) is 0 Å². The van der Waals surface area contributed by atoms with Gasteiger partial charge in [0.2, 0.25) is 0 Å². The van der Waals surface area contributed by atoms with Crippen LogP contribution in [-0.2, 0) is 0 Å². The summed E-state index contributed by atoms with van der Waals surface area (Å²) in [7, 11) is 0. The van der Waals surface area contributed by atoms with E-state index in [0.29, 0.717) is 0 Å². The van der Waals surface area contributed by atoms with Crippen LogP contribution in [0.3, 0.4) is 0 Å². The normalized spacial score (nSPS) is 6.00. The van der Waals surface area contributed by atoms with E-state index in [0.717, 1.165) is 0 Å². The third-order valence-electron chi connectivity index (χ3n) is 0.421. The first-order chi connectivity index (χ1) is 2.81. The van der Waals surface area contributed by atoms with Gasteiger partial charge in [0.25, 0.3) is 0 Å². The summed E-state index contributed by atoms with van der Waals surface area (Å²) in [6, 6.07) is 0. The Morgan fingerprint density at radius 2 is 1.30 bits per heavy atom. The van der Waals surface area contributed by atoms with Crippen LogP contribution in [0.1, 0.15) is 5.71 Å². The van der Waals surface area contributed by atoms with Crippen LogP contribution in [0.25, 0.3) is 0 Å². The van der Waals surface area contributed by atoms with Crippen LogP contribution in [0.5, 0.6) is 0 Å². The van der Waals surface area contributed by atoms with Gasteiger partial charge in [0.15, 0.2) is 0 Å². The minimum atomic E-state index is -0.954. The zero-order chi connectivity index (χ0) is 4.99. The standard InChI is InChI=1S/C3H8O3.Ca.2Na.H2O.4H/c4-1-3(6)2-5;;;;;;;;/h3-6H,1-2H2;;;;1H2;;;;/q;+2;2*+1;;4*-1. The van der Waals surface area contributed by atoms with Crippen molar-refractivity contribution in [2.75, 3.05) is 13.2 Å². The van der Waals surface area contributed by atoms with Gasteiger partial charge < -0.3 is 26.5 Å². The fourth-order valence-electron chi connectivity index (χ4n) is 0.0577. The molecule has 0 aliphatic heterocycles. The molecule has 0 heterocycles. The molecule has 0 aromatic rings. The molecular weight excluding hydrogens is 186 g/mol. The number of aliphatic hydroxyl groups is 3. The van der Waals surface area contributed by atoms with E-state index in [1.165, 1.54) is 0 Å². The van der Waals surface area contributed by atoms with Crippen molar-refractivity contribution in [3.8, 4) is 0 Å². The molecule has 0 bridgehead atoms. The molecular formula is C3H14CaNa2O4. The van der Waals surface area contributed by atoms with Gasteiger partial charge in [-0.2, -0.15) is 0 Å². The molecule has 0 aliphatic rings. The smallest absolute Gasteiger partial charge is 1.00 e. The summed E-state index contributed by atoms with van der Waals surface area (Å²) < 4.78 is 0. The Bertz CT molecular complexity index is 49.8. The zero-order valence-electron chi connectivity index (χ0n) is 10.5. The van der Waals surface area contributed by atoms with Crippen molar-refractivity contribution >= 4 is 37.7 Å². The summed E-state index contributed by atoms with van der Waals surface area (Å²) in [5.41, 5.74) is 0. The van der Waals surface area contributed by atoms with Crippen molar-refractivity contribution in [1.29, 1.82) is 0 Å². The maximum atomic E-state index is 8.17. The molecule has 0 saturated heterocycles. The second kappa shape index (κ2) is 22.7. The summed E-state index contributed by atoms with van der Waals surface area (Å²) in [6.45, 7) is -0.729. The van der Waals surface area contributed by atoms with E-state index in [-0.39, 0.29) is 121 Å². The number of rotatable bonds is 2. The molecule has 4 nitrogen and oxygen atoms in total. The predicted molar refractivity (Wildman–Crippen MR) is 34.0 cm³/mol. The molecule has 54 valence electrons. The fraction of sp³-hybridized carbons (Fsp3) is 1.00. The first kappa shape index (κ1) is 29.2. The van der Waals surface area contributed by atoms with Crippen molar-refractivity contribution < 1.29 is 85.6 Å². The van der Waals surface area contributed by atoms with Crippen molar-refractivity contribution in [1.82, 2.24) is 0 Å². The van der Waals surface area contributed by atoms with E-state index in [2.05, 4.69) is 0 Å². The Kier molecular flexibility index (Phi) is 66.4. The van der Waals surface area contributed by atoms with Gasteiger partial charge in [0.1, 0.15) is 6.10 Å². The van der Waals surface area contributed by atoms with E-state index in [9.17, 15) is 0 Å². The average Bonchev–Trinajstić information content (AvgIpc) is 1.65. The van der Waals surface area contributed by atoms with E-state index < -0.39 is 6.10 Å². The van der Waals surface area contributed by atoms with Gasteiger partial charge in [0.05, 0.1) is 13.2 Å². The summed E-state index contributed by atoms with van der Waals surface area (Å²) in [4.78, 5) is 0. The number of aliphatic hydroxyl groups excluding tert-OH is 3. The average molecular weight is 200 g/mol. The third-order valence-corrected chi connectivity index (χ3v) is 0.421. The molecule has 0 rings (SSSR count). The van der Waals surface area contributed by atoms with Crippen LogP contribution in [0, 0.1) is 0 Å². The van der Waals surface area contributed by atoms with Crippen molar-refractivity contribution in [3.05, 3.63) is 0 Å². The summed E-state index contributed by atoms with van der Waals surface area (Å²) in [5.74, 6) is 0. The second-order valence-corrected chi connectivity index (χ2v) is 1.02. The molecule has 10 heavy (non-hydrogen) atoms. The van der Waals surface area contributed by atoms with E-state index in [1.807, 2.05) is 0 Å². The molecule has 0 saturated carbocycles. The fourth-order valence-corrected chi connectivity index (χ4v) is 0.0577. The first-order valence-electron chi connectivity index (χ1n) is 1.71. The number of hydrogen-bond donors (Lipinski definition) is 3. The van der Waals surface area contributed by atoms with Gasteiger partial charge >= 0.3 is 96.9 Å². The Hall–Kier alpha value is 3.10. The molecule has 0 fully saturated rings. The van der Waals surface area contributed by atoms with E-state index >= 15 is 0 Å². The van der Waals surface area contributed by atoms with Gasteiger partial charge in [-0.15, -0.1) is 0 Å². The minimum absolute atomic E-state index is 0. The summed E-state index contributed by atoms with van der Waals surface area (Å²) in [5, 5.41) is 24.0. The molecule has 0 amide bonds. The van der Waals surface area contributed by atoms with Crippen LogP contribution in [-0.4, -0.2) is 77.9 Å². The van der Waals surface area contributed by atoms with Crippen molar-refractivity contribution in [2.24, 2.45) is 0 Å². The molecule has 0 spiro atoms. The molecule has 5 N–H and O–H groups in total. The SMILES string of the molecule is O.OCC(O)CO.[Ca+2].[H-].[H-].[H-].[H-].[Na+].[Na+]. The molecule has 0 unspecified atom stereocenters. The van der Waals surface area contributed by atoms with Crippen LogP contribution in [0.2, 0.25) is 0 Å². The maximum Gasteiger partial charge on any atom is 2.00 e. The van der Waals surface area contributed by atoms with Crippen LogP contribution in [0.4, 0.5) is 0 Å². The molecule has 0 radical (unpaired) electrons. The largest absolute Gasteiger partial charge is 2.00 e. The van der Waals surface area contributed by atoms with Crippen LogP contribution >= 0.6 is 0 Å². The first-order valence-corrected chi connectivity index (χ1v) is 1.71. The second-order valence-electron chi connectivity index (χ2n) is 1.02. The summed E-state index contributed by atoms with van der Waals surface area (Å²) in [6.07, 6.45) is -0.954. The van der Waals surface area contributed by atoms with Crippen molar-refractivity contribution in [2.45, 2.75) is 6.10 Å². The minimum Gasteiger partial charge on any atom is -1.00 e. The molecule has 0 aromatic heterocycles. The Morgan fingerprint density at radius 3 is 1.30 bits per heavy atom. The van der Waals surface area contributed by atoms with Crippen LogP contribution < -0.4 is 59.1 Å². The Labute approximate surface area is 140 Å². The Morgan fingerprint density at radius 1 is 1.10 bits per heavy atom. The topological polar surface area (TPSA) is 92.2 Å². The molecule has 0 aromatic carbocycles. The quantitative estimate of drug-likeness (QED) is 0.386. The number of hydrogen-bond acceptors (Lipinski definition) is 3. The van der Waals surface area contributed by atoms with Gasteiger partial charge in [-0.1, -0.05) is 0 Å². The van der Waals surface area contributed by atoms with Gasteiger partial charge in [0, 0.05) is 0 Å². The predicted octanol–water partition coefficient (Wildman–Crippen LogP) is -8.42. The van der Waals surface area contributed by atoms with Gasteiger partial charge in [-0.25, -0.2) is 0 Å². The van der Waals surface area contributed by atoms with Crippen molar-refractivity contribution in [3.63, 3.8) is 0 Å². The monoisotopic (exact) mass is 200 g/mol. The summed E-state index contributed by atoms with van der Waals surface area (Å²) >= 11 is 0. The van der Waals surface area contributed by atoms with E-state index in [4.69, 9.17) is 15.3 Å². The van der Waals surface area contributed by atoms with E-state index in [1.54, 1.807) is 0 Å². The van der Waals surface area contributed by atoms with Gasteiger partial charge in [-0.3, -0.25) is 0 Å². The molecule has 7 heteroatoms. The molecule has 0 aliphatic carbocycles. The maximum absolute atomic E-state index is 8.17. The third kappa shape index (κ3) is 22.5. The zero-order valence-corrected chi connectivity index (χ0v) is 12.7.